The van der Waals surface area contributed by atoms with Crippen LogP contribution >= 0.6 is 0 Å². The normalized spacial score (nSPS) is 12.0. The van der Waals surface area contributed by atoms with E-state index in [-0.39, 0.29) is 12.3 Å². The number of hydrogen-bond acceptors (Lipinski definition) is 5. The second-order valence-corrected chi connectivity index (χ2v) is 9.91. The Labute approximate surface area is 248 Å². The molecule has 0 aliphatic carbocycles. The molecule has 41 heavy (non-hydrogen) atoms. The first-order chi connectivity index (χ1) is 19.7. The summed E-state index contributed by atoms with van der Waals surface area (Å²) >= 11 is 0. The number of carboxylic acid groups (broad SMARTS) is 1. The van der Waals surface area contributed by atoms with Crippen molar-refractivity contribution in [2.75, 3.05) is 6.54 Å². The summed E-state index contributed by atoms with van der Waals surface area (Å²) in [5.41, 5.74) is 1.46. The van der Waals surface area contributed by atoms with Crippen LogP contribution in [0.5, 0.6) is 0 Å². The maximum atomic E-state index is 10.9. The van der Waals surface area contributed by atoms with Gasteiger partial charge in [0.1, 0.15) is 6.10 Å². The summed E-state index contributed by atoms with van der Waals surface area (Å²) in [6.07, 6.45) is 20.7. The lowest BCUT2D eigenvalue weighted by molar-refractivity contribution is -0.767. The van der Waals surface area contributed by atoms with Crippen molar-refractivity contribution < 1.29 is 24.6 Å². The molecule has 1 rings (SSSR count). The van der Waals surface area contributed by atoms with Crippen LogP contribution in [0.15, 0.2) is 54.6 Å². The quantitative estimate of drug-likeness (QED) is 0.0695. The molecular formula is C33H56N2O6. The summed E-state index contributed by atoms with van der Waals surface area (Å²) in [5.74, 6) is 0.0717. The highest BCUT2D eigenvalue weighted by molar-refractivity contribution is 5.75. The number of benzene rings is 1. The molecule has 0 radical (unpaired) electrons. The van der Waals surface area contributed by atoms with E-state index >= 15 is 0 Å². The number of unbranched alkanes of at least 4 members (excludes halogenated alkanes) is 2. The van der Waals surface area contributed by atoms with Crippen LogP contribution in [0.2, 0.25) is 0 Å². The van der Waals surface area contributed by atoms with E-state index in [1.54, 1.807) is 0 Å². The molecular weight excluding hydrogens is 520 g/mol. The van der Waals surface area contributed by atoms with Gasteiger partial charge in [-0.2, -0.15) is 0 Å². The topological polar surface area (TPSA) is 119 Å². The van der Waals surface area contributed by atoms with Gasteiger partial charge in [0.05, 0.1) is 0 Å². The third-order valence-corrected chi connectivity index (χ3v) is 6.09. The van der Waals surface area contributed by atoms with Gasteiger partial charge in [-0.15, -0.1) is 10.1 Å². The van der Waals surface area contributed by atoms with Gasteiger partial charge in [-0.25, -0.2) is 0 Å². The number of nitrogens with one attached hydrogen (secondary N) is 1. The fourth-order valence-electron chi connectivity index (χ4n) is 3.86. The highest BCUT2D eigenvalue weighted by Crippen LogP contribution is 2.13. The summed E-state index contributed by atoms with van der Waals surface area (Å²) in [5, 5.41) is 19.9. The van der Waals surface area contributed by atoms with Crippen molar-refractivity contribution in [2.24, 2.45) is 5.92 Å². The third-order valence-electron chi connectivity index (χ3n) is 6.09. The van der Waals surface area contributed by atoms with Crippen molar-refractivity contribution in [1.82, 2.24) is 5.32 Å². The highest BCUT2D eigenvalue weighted by atomic mass is 17.0. The van der Waals surface area contributed by atoms with E-state index < -0.39 is 17.2 Å². The minimum absolute atomic E-state index is 0.0193. The molecule has 0 spiro atoms. The second-order valence-electron chi connectivity index (χ2n) is 9.91. The molecule has 8 heteroatoms. The van der Waals surface area contributed by atoms with Crippen LogP contribution in [-0.2, 0) is 20.8 Å². The van der Waals surface area contributed by atoms with E-state index in [2.05, 4.69) is 85.6 Å². The Bertz CT molecular complexity index is 826. The lowest BCUT2D eigenvalue weighted by atomic mass is 9.99. The van der Waals surface area contributed by atoms with E-state index in [0.29, 0.717) is 19.3 Å². The van der Waals surface area contributed by atoms with Gasteiger partial charge in [0.2, 0.25) is 5.91 Å². The van der Waals surface area contributed by atoms with E-state index in [4.69, 9.17) is 5.11 Å². The van der Waals surface area contributed by atoms with Gasteiger partial charge in [0, 0.05) is 19.4 Å². The fourth-order valence-corrected chi connectivity index (χ4v) is 3.86. The zero-order valence-corrected chi connectivity index (χ0v) is 26.2. The minimum Gasteiger partial charge on any atom is -0.481 e. The third kappa shape index (κ3) is 31.2. The largest absolute Gasteiger partial charge is 0.481 e. The number of aliphatic carboxylic acids is 1. The molecule has 1 aromatic rings. The van der Waals surface area contributed by atoms with Crippen LogP contribution in [0.3, 0.4) is 0 Å². The van der Waals surface area contributed by atoms with Crippen molar-refractivity contribution in [3.05, 3.63) is 70.3 Å². The Kier molecular flexibility index (Phi) is 29.1. The second kappa shape index (κ2) is 29.8. The number of rotatable bonds is 20. The fraction of sp³-hybridized carbons (Fsp3) is 0.636. The molecule has 0 saturated heterocycles. The number of nitrogens with zero attached hydrogens (tertiary/aromatic N) is 1. The van der Waals surface area contributed by atoms with Gasteiger partial charge in [-0.3, -0.25) is 9.59 Å². The molecule has 2 N–H and O–H groups in total. The monoisotopic (exact) mass is 576 g/mol. The molecule has 0 aliphatic rings. The predicted molar refractivity (Wildman–Crippen MR) is 168 cm³/mol. The molecule has 234 valence electrons. The van der Waals surface area contributed by atoms with Gasteiger partial charge < -0.3 is 15.3 Å². The summed E-state index contributed by atoms with van der Waals surface area (Å²) in [6.45, 7) is 10.9. The number of amides is 1. The van der Waals surface area contributed by atoms with Gasteiger partial charge in [-0.1, -0.05) is 81.8 Å². The summed E-state index contributed by atoms with van der Waals surface area (Å²) in [7, 11) is 0. The molecule has 0 aromatic heterocycles. The highest BCUT2D eigenvalue weighted by Gasteiger charge is 2.07. The van der Waals surface area contributed by atoms with Crippen LogP contribution in [0.25, 0.3) is 0 Å². The smallest absolute Gasteiger partial charge is 0.303 e. The molecule has 2 atom stereocenters. The molecule has 0 saturated carbocycles. The van der Waals surface area contributed by atoms with Gasteiger partial charge in [0.15, 0.2) is 0 Å². The van der Waals surface area contributed by atoms with Gasteiger partial charge >= 0.3 is 5.97 Å². The van der Waals surface area contributed by atoms with Crippen LogP contribution in [0.4, 0.5) is 0 Å². The minimum atomic E-state index is -0.900. The van der Waals surface area contributed by atoms with Crippen molar-refractivity contribution in [2.45, 2.75) is 124 Å². The maximum Gasteiger partial charge on any atom is 0.303 e. The van der Waals surface area contributed by atoms with Crippen molar-refractivity contribution >= 4 is 11.9 Å². The van der Waals surface area contributed by atoms with E-state index in [1.807, 2.05) is 6.92 Å². The van der Waals surface area contributed by atoms with Crippen LogP contribution in [0.1, 0.15) is 117 Å². The molecule has 0 heterocycles. The lowest BCUT2D eigenvalue weighted by Crippen LogP contribution is -2.21. The number of allylic oxidation sites excluding steroid dienone is 4. The number of aryl methyl sites for hydroxylation is 1. The predicted octanol–water partition coefficient (Wildman–Crippen LogP) is 8.49. The number of carbonyl (C=O) groups excluding carboxylic acids is 1. The van der Waals surface area contributed by atoms with Crippen LogP contribution < -0.4 is 5.32 Å². The first-order valence-electron chi connectivity index (χ1n) is 15.3. The molecule has 0 bridgehead atoms. The Balaban J connectivity index is 0. The average Bonchev–Trinajstić information content (AvgIpc) is 2.93. The molecule has 8 nitrogen and oxygen atoms in total. The first-order valence-corrected chi connectivity index (χ1v) is 15.3. The molecule has 0 fully saturated rings. The van der Waals surface area contributed by atoms with Crippen LogP contribution in [0, 0.1) is 16.0 Å². The molecule has 1 amide bonds. The number of carboxylic acids is 1. The summed E-state index contributed by atoms with van der Waals surface area (Å²) < 4.78 is 0. The van der Waals surface area contributed by atoms with E-state index in [1.165, 1.54) is 51.0 Å². The standard InChI is InChI=1S/C17H26.C10H19NO.C6H11NO5/c1-3-11-16(4-2)12-7-5-8-13-17-14-9-6-10-15-17;1-3-5-6-7-8-9-10(12)11-4-2;1-5(12-7(10)11)3-2-4-6(8)9/h6-7,9-10,12,14-16H,3-5,8,11,13H2,1-2H3;5-6H,3-4,7-9H2,1-2H3,(H,11,12);5H,2-4H2,1H3,(H,8,9)/b12-7+;6-5-;. The first kappa shape index (κ1) is 40.0. The SMILES string of the molecule is CC(CCCC(=O)O)O[N+](=O)[O-].CC/C=C\CCCC(=O)NCC.CCCC(/C=C/CCCc1ccccc1)CC. The van der Waals surface area contributed by atoms with E-state index in [0.717, 1.165) is 31.7 Å². The van der Waals surface area contributed by atoms with Gasteiger partial charge in [-0.05, 0) is 89.5 Å². The molecule has 1 aromatic carbocycles. The maximum absolute atomic E-state index is 10.9. The Morgan fingerprint density at radius 3 is 2.22 bits per heavy atom. The Morgan fingerprint density at radius 1 is 0.976 bits per heavy atom. The number of hydrogen-bond donors (Lipinski definition) is 2. The molecule has 0 aliphatic heterocycles. The Hall–Kier alpha value is -3.16. The van der Waals surface area contributed by atoms with Crippen LogP contribution in [-0.4, -0.2) is 34.7 Å². The summed E-state index contributed by atoms with van der Waals surface area (Å²) in [6, 6.07) is 10.8. The van der Waals surface area contributed by atoms with Crippen molar-refractivity contribution in [1.29, 1.82) is 0 Å². The van der Waals surface area contributed by atoms with Crippen molar-refractivity contribution in [3.8, 4) is 0 Å². The van der Waals surface area contributed by atoms with Crippen molar-refractivity contribution in [3.63, 3.8) is 0 Å². The zero-order chi connectivity index (χ0) is 31.1. The Morgan fingerprint density at radius 2 is 1.66 bits per heavy atom. The lowest BCUT2D eigenvalue weighted by Gasteiger charge is -2.07. The van der Waals surface area contributed by atoms with Gasteiger partial charge in [0.25, 0.3) is 5.09 Å². The summed E-state index contributed by atoms with van der Waals surface area (Å²) in [4.78, 5) is 34.9. The zero-order valence-electron chi connectivity index (χ0n) is 26.2. The molecule has 2 unspecified atom stereocenters. The van der Waals surface area contributed by atoms with E-state index in [9.17, 15) is 19.7 Å². The average molecular weight is 577 g/mol. The number of carbonyl (C=O) groups is 2.